The second-order valence-electron chi connectivity index (χ2n) is 5.09. The van der Waals surface area contributed by atoms with Crippen LogP contribution in [0.4, 0.5) is 5.82 Å². The first-order valence-electron chi connectivity index (χ1n) is 7.42. The van der Waals surface area contributed by atoms with Crippen LogP contribution in [0.2, 0.25) is 0 Å². The highest BCUT2D eigenvalue weighted by molar-refractivity contribution is 5.60. The fraction of sp³-hybridized carbons (Fsp3) is 0.600. The molecule has 2 aromatic rings. The minimum Gasteiger partial charge on any atom is -0.491 e. The van der Waals surface area contributed by atoms with Gasteiger partial charge in [0.2, 0.25) is 0 Å². The van der Waals surface area contributed by atoms with Gasteiger partial charge in [-0.3, -0.25) is 0 Å². The van der Waals surface area contributed by atoms with Gasteiger partial charge in [-0.15, -0.1) is 0 Å². The molecule has 20 heavy (non-hydrogen) atoms. The summed E-state index contributed by atoms with van der Waals surface area (Å²) in [5.74, 6) is 1.39. The molecule has 0 radical (unpaired) electrons. The van der Waals surface area contributed by atoms with Crippen molar-refractivity contribution in [2.24, 2.45) is 0 Å². The Hall–Kier alpha value is -1.78. The van der Waals surface area contributed by atoms with Gasteiger partial charge in [-0.2, -0.15) is 9.61 Å². The van der Waals surface area contributed by atoms with Gasteiger partial charge in [0.15, 0.2) is 11.4 Å². The molecule has 0 aromatic carbocycles. The zero-order chi connectivity index (χ0) is 14.5. The molecule has 0 amide bonds. The lowest BCUT2D eigenvalue weighted by Gasteiger charge is -2.04. The summed E-state index contributed by atoms with van der Waals surface area (Å²) in [6.45, 7) is 4.34. The van der Waals surface area contributed by atoms with Crippen LogP contribution in [0, 0.1) is 0 Å². The van der Waals surface area contributed by atoms with Crippen molar-refractivity contribution in [2.45, 2.75) is 52.4 Å². The number of fused-ring (bicyclic) bond motifs is 1. The summed E-state index contributed by atoms with van der Waals surface area (Å²) >= 11 is 0. The van der Waals surface area contributed by atoms with Gasteiger partial charge in [0, 0.05) is 11.8 Å². The Kier molecular flexibility index (Phi) is 4.82. The number of methoxy groups -OCH3 is 1. The number of aromatic nitrogens is 3. The first kappa shape index (κ1) is 14.6. The van der Waals surface area contributed by atoms with E-state index < -0.39 is 0 Å². The second-order valence-corrected chi connectivity index (χ2v) is 5.09. The number of hydrogen-bond donors (Lipinski definition) is 1. The van der Waals surface area contributed by atoms with E-state index in [9.17, 15) is 0 Å². The first-order chi connectivity index (χ1) is 9.71. The Morgan fingerprint density at radius 1 is 1.20 bits per heavy atom. The number of nitrogens with zero attached hydrogens (tertiary/aromatic N) is 3. The molecule has 5 heteroatoms. The van der Waals surface area contributed by atoms with Crippen LogP contribution in [0.1, 0.15) is 50.9 Å². The van der Waals surface area contributed by atoms with Crippen molar-refractivity contribution in [3.63, 3.8) is 0 Å². The van der Waals surface area contributed by atoms with Crippen LogP contribution >= 0.6 is 0 Å². The van der Waals surface area contributed by atoms with Crippen LogP contribution < -0.4 is 10.5 Å². The largest absolute Gasteiger partial charge is 0.491 e. The zero-order valence-corrected chi connectivity index (χ0v) is 12.6. The van der Waals surface area contributed by atoms with Crippen LogP contribution in [0.25, 0.3) is 5.65 Å². The number of anilines is 1. The average molecular weight is 276 g/mol. The van der Waals surface area contributed by atoms with Gasteiger partial charge in [-0.25, -0.2) is 4.98 Å². The smallest absolute Gasteiger partial charge is 0.200 e. The maximum absolute atomic E-state index is 6.10. The minimum absolute atomic E-state index is 0.627. The highest BCUT2D eigenvalue weighted by Crippen LogP contribution is 2.27. The van der Waals surface area contributed by atoms with Crippen molar-refractivity contribution < 1.29 is 4.74 Å². The number of aryl methyl sites for hydroxylation is 2. The topological polar surface area (TPSA) is 65.4 Å². The van der Waals surface area contributed by atoms with Crippen molar-refractivity contribution in [2.75, 3.05) is 12.8 Å². The average Bonchev–Trinajstić information content (AvgIpc) is 2.81. The van der Waals surface area contributed by atoms with Gasteiger partial charge < -0.3 is 10.5 Å². The number of unbranched alkanes of at least 4 members (excludes halogenated alkanes) is 2. The van der Waals surface area contributed by atoms with E-state index in [-0.39, 0.29) is 0 Å². The number of hydrogen-bond acceptors (Lipinski definition) is 4. The third-order valence-corrected chi connectivity index (χ3v) is 3.45. The third-order valence-electron chi connectivity index (χ3n) is 3.45. The van der Waals surface area contributed by atoms with E-state index in [1.807, 2.05) is 6.07 Å². The van der Waals surface area contributed by atoms with Crippen LogP contribution in [0.3, 0.4) is 0 Å². The summed E-state index contributed by atoms with van der Waals surface area (Å²) < 4.78 is 7.20. The van der Waals surface area contributed by atoms with Crippen LogP contribution in [-0.4, -0.2) is 21.7 Å². The summed E-state index contributed by atoms with van der Waals surface area (Å²) in [7, 11) is 1.67. The predicted octanol–water partition coefficient (Wildman–Crippen LogP) is 3.01. The predicted molar refractivity (Wildman–Crippen MR) is 81.2 cm³/mol. The molecule has 2 N–H and O–H groups in total. The lowest BCUT2D eigenvalue weighted by Crippen LogP contribution is -2.03. The summed E-state index contributed by atoms with van der Waals surface area (Å²) in [6.07, 6.45) is 6.31. The molecule has 0 unspecified atom stereocenters. The molecule has 0 aliphatic rings. The number of nitrogen functional groups attached to an aromatic ring is 1. The molecule has 0 atom stereocenters. The third kappa shape index (κ3) is 2.86. The first-order valence-corrected chi connectivity index (χ1v) is 7.42. The summed E-state index contributed by atoms with van der Waals surface area (Å²) in [5, 5.41) is 4.55. The fourth-order valence-corrected chi connectivity index (χ4v) is 2.32. The highest BCUT2D eigenvalue weighted by atomic mass is 16.5. The van der Waals surface area contributed by atoms with E-state index in [2.05, 4.69) is 23.9 Å². The zero-order valence-electron chi connectivity index (χ0n) is 12.6. The number of ether oxygens (including phenoxy) is 1. The van der Waals surface area contributed by atoms with Gasteiger partial charge >= 0.3 is 0 Å². The van der Waals surface area contributed by atoms with Gasteiger partial charge in [-0.05, 0) is 25.7 Å². The van der Waals surface area contributed by atoms with Crippen molar-refractivity contribution >= 4 is 11.5 Å². The van der Waals surface area contributed by atoms with Crippen molar-refractivity contribution in [3.8, 4) is 5.75 Å². The summed E-state index contributed by atoms with van der Waals surface area (Å²) in [4.78, 5) is 4.67. The molecule has 0 spiro atoms. The van der Waals surface area contributed by atoms with Crippen LogP contribution in [-0.2, 0) is 12.8 Å². The SMILES string of the molecule is CCCCc1cc(N)n2nc(CCCC)c(OC)c2n1. The Balaban J connectivity index is 2.44. The highest BCUT2D eigenvalue weighted by Gasteiger charge is 2.16. The number of nitrogens with two attached hydrogens (primary N) is 1. The van der Waals surface area contributed by atoms with Crippen molar-refractivity contribution in [1.82, 2.24) is 14.6 Å². The van der Waals surface area contributed by atoms with Gasteiger partial charge in [0.25, 0.3) is 0 Å². The Morgan fingerprint density at radius 2 is 1.90 bits per heavy atom. The fourth-order valence-electron chi connectivity index (χ4n) is 2.32. The standard InChI is InChI=1S/C15H24N4O/c1-4-6-8-11-10-13(16)19-15(17-11)14(20-3)12(18-19)9-7-5-2/h10H,4-9,16H2,1-3H3. The van der Waals surface area contributed by atoms with Gasteiger partial charge in [0.1, 0.15) is 11.5 Å². The Labute approximate surface area is 120 Å². The second kappa shape index (κ2) is 6.59. The van der Waals surface area contributed by atoms with E-state index in [1.54, 1.807) is 11.6 Å². The van der Waals surface area contributed by atoms with Gasteiger partial charge in [0.05, 0.1) is 7.11 Å². The summed E-state index contributed by atoms with van der Waals surface area (Å²) in [6, 6.07) is 1.92. The maximum atomic E-state index is 6.10. The molecule has 2 aromatic heterocycles. The maximum Gasteiger partial charge on any atom is 0.200 e. The Morgan fingerprint density at radius 3 is 2.55 bits per heavy atom. The lowest BCUT2D eigenvalue weighted by molar-refractivity contribution is 0.412. The molecular weight excluding hydrogens is 252 g/mol. The minimum atomic E-state index is 0.627. The molecule has 0 aliphatic carbocycles. The van der Waals surface area contributed by atoms with Crippen molar-refractivity contribution in [3.05, 3.63) is 17.5 Å². The molecule has 0 bridgehead atoms. The van der Waals surface area contributed by atoms with Gasteiger partial charge in [-0.1, -0.05) is 26.7 Å². The van der Waals surface area contributed by atoms with E-state index in [0.717, 1.165) is 61.3 Å². The molecule has 0 fully saturated rings. The monoisotopic (exact) mass is 276 g/mol. The Bertz CT molecular complexity index is 577. The van der Waals surface area contributed by atoms with Crippen LogP contribution in [0.15, 0.2) is 6.07 Å². The van der Waals surface area contributed by atoms with E-state index in [1.165, 1.54) is 0 Å². The molecular formula is C15H24N4O. The normalized spacial score (nSPS) is 11.2. The van der Waals surface area contributed by atoms with E-state index in [4.69, 9.17) is 10.5 Å². The molecule has 110 valence electrons. The van der Waals surface area contributed by atoms with E-state index in [0.29, 0.717) is 5.82 Å². The lowest BCUT2D eigenvalue weighted by atomic mass is 10.2. The molecule has 0 aliphatic heterocycles. The summed E-state index contributed by atoms with van der Waals surface area (Å²) in [5.41, 5.74) is 8.80. The molecule has 2 heterocycles. The molecule has 5 nitrogen and oxygen atoms in total. The molecule has 0 saturated heterocycles. The van der Waals surface area contributed by atoms with Crippen LogP contribution in [0.5, 0.6) is 5.75 Å². The van der Waals surface area contributed by atoms with Crippen molar-refractivity contribution in [1.29, 1.82) is 0 Å². The quantitative estimate of drug-likeness (QED) is 0.844. The van der Waals surface area contributed by atoms with E-state index >= 15 is 0 Å². The number of rotatable bonds is 7. The molecule has 0 saturated carbocycles. The molecule has 2 rings (SSSR count).